The van der Waals surface area contributed by atoms with Crippen molar-refractivity contribution in [3.63, 3.8) is 0 Å². The monoisotopic (exact) mass is 223 g/mol. The molecule has 3 aliphatic rings. The largest absolute Gasteiger partial charge is 0.389 e. The molecular weight excluding hydrogens is 198 g/mol. The Bertz CT molecular complexity index is 270. The van der Waals surface area contributed by atoms with Crippen LogP contribution in [0.2, 0.25) is 0 Å². The third kappa shape index (κ3) is 1.80. The van der Waals surface area contributed by atoms with Crippen LogP contribution in [0.25, 0.3) is 0 Å². The molecule has 16 heavy (non-hydrogen) atoms. The van der Waals surface area contributed by atoms with E-state index in [1.54, 1.807) is 0 Å². The Hall–Kier alpha value is -0.0800. The van der Waals surface area contributed by atoms with Crippen molar-refractivity contribution in [2.24, 2.45) is 23.7 Å². The van der Waals surface area contributed by atoms with E-state index in [4.69, 9.17) is 0 Å². The summed E-state index contributed by atoms with van der Waals surface area (Å²) in [5.41, 5.74) is -0.559. The summed E-state index contributed by atoms with van der Waals surface area (Å²) in [6.45, 7) is 4.54. The zero-order valence-corrected chi connectivity index (χ0v) is 10.6. The number of hydrogen-bond acceptors (Lipinski definition) is 2. The van der Waals surface area contributed by atoms with Gasteiger partial charge in [0.2, 0.25) is 0 Å². The minimum atomic E-state index is -0.559. The number of nitrogens with one attached hydrogen (secondary N) is 1. The Balaban J connectivity index is 1.60. The standard InChI is InChI=1S/C14H25NO/c1-14(2,16)8-15-13-7-9-6-12(13)11-5-3-4-10(9)11/h9-13,15-16H,3-8H2,1-2H3. The summed E-state index contributed by atoms with van der Waals surface area (Å²) in [4.78, 5) is 0. The molecule has 3 fully saturated rings. The van der Waals surface area contributed by atoms with Crippen molar-refractivity contribution < 1.29 is 5.11 Å². The fraction of sp³-hybridized carbons (Fsp3) is 1.00. The van der Waals surface area contributed by atoms with Gasteiger partial charge in [-0.25, -0.2) is 0 Å². The van der Waals surface area contributed by atoms with Gasteiger partial charge in [0.15, 0.2) is 0 Å². The molecule has 3 rings (SSSR count). The van der Waals surface area contributed by atoms with Gasteiger partial charge in [0.1, 0.15) is 0 Å². The molecule has 0 aromatic carbocycles. The van der Waals surface area contributed by atoms with Crippen LogP contribution in [0.5, 0.6) is 0 Å². The van der Waals surface area contributed by atoms with Crippen LogP contribution in [-0.2, 0) is 0 Å². The van der Waals surface area contributed by atoms with Crippen molar-refractivity contribution in [2.45, 2.75) is 57.6 Å². The van der Waals surface area contributed by atoms with Gasteiger partial charge in [0.05, 0.1) is 5.60 Å². The molecule has 3 aliphatic carbocycles. The summed E-state index contributed by atoms with van der Waals surface area (Å²) in [5, 5.41) is 13.4. The molecule has 0 amide bonds. The molecule has 0 aromatic rings. The van der Waals surface area contributed by atoms with E-state index in [0.717, 1.165) is 30.2 Å². The molecule has 3 saturated carbocycles. The van der Waals surface area contributed by atoms with E-state index in [-0.39, 0.29) is 0 Å². The van der Waals surface area contributed by atoms with Crippen LogP contribution in [0.15, 0.2) is 0 Å². The third-order valence-corrected chi connectivity index (χ3v) is 5.23. The molecule has 0 aromatic heterocycles. The van der Waals surface area contributed by atoms with Gasteiger partial charge in [0.25, 0.3) is 0 Å². The van der Waals surface area contributed by atoms with Crippen LogP contribution in [-0.4, -0.2) is 23.3 Å². The Morgan fingerprint density at radius 2 is 1.88 bits per heavy atom. The van der Waals surface area contributed by atoms with Crippen LogP contribution < -0.4 is 5.32 Å². The highest BCUT2D eigenvalue weighted by Gasteiger charge is 2.53. The lowest BCUT2D eigenvalue weighted by atomic mass is 9.79. The van der Waals surface area contributed by atoms with Crippen molar-refractivity contribution in [3.05, 3.63) is 0 Å². The van der Waals surface area contributed by atoms with Crippen molar-refractivity contribution >= 4 is 0 Å². The minimum absolute atomic E-state index is 0.559. The van der Waals surface area contributed by atoms with Crippen LogP contribution in [0.1, 0.15) is 46.0 Å². The molecule has 2 N–H and O–H groups in total. The number of rotatable bonds is 3. The lowest BCUT2D eigenvalue weighted by Gasteiger charge is -2.33. The molecule has 5 unspecified atom stereocenters. The van der Waals surface area contributed by atoms with Gasteiger partial charge in [-0.15, -0.1) is 0 Å². The van der Waals surface area contributed by atoms with E-state index in [9.17, 15) is 5.11 Å². The molecule has 0 saturated heterocycles. The quantitative estimate of drug-likeness (QED) is 0.768. The molecule has 5 atom stereocenters. The Kier molecular flexibility index (Phi) is 2.56. The predicted molar refractivity (Wildman–Crippen MR) is 65.1 cm³/mol. The van der Waals surface area contributed by atoms with Crippen LogP contribution >= 0.6 is 0 Å². The van der Waals surface area contributed by atoms with Gasteiger partial charge in [-0.05, 0) is 63.2 Å². The number of fused-ring (bicyclic) bond motifs is 5. The summed E-state index contributed by atoms with van der Waals surface area (Å²) < 4.78 is 0. The van der Waals surface area contributed by atoms with E-state index < -0.39 is 5.60 Å². The average molecular weight is 223 g/mol. The van der Waals surface area contributed by atoms with E-state index in [1.807, 2.05) is 13.8 Å². The van der Waals surface area contributed by atoms with Crippen molar-refractivity contribution in [1.82, 2.24) is 5.32 Å². The molecule has 0 aliphatic heterocycles. The SMILES string of the molecule is CC(C)(O)CNC1CC2CC1C1CCCC21. The van der Waals surface area contributed by atoms with Gasteiger partial charge >= 0.3 is 0 Å². The van der Waals surface area contributed by atoms with Crippen molar-refractivity contribution in [3.8, 4) is 0 Å². The van der Waals surface area contributed by atoms with Crippen LogP contribution in [0, 0.1) is 23.7 Å². The normalized spacial score (nSPS) is 46.3. The topological polar surface area (TPSA) is 32.3 Å². The van der Waals surface area contributed by atoms with Gasteiger partial charge < -0.3 is 10.4 Å². The third-order valence-electron chi connectivity index (χ3n) is 5.23. The number of aliphatic hydroxyl groups is 1. The summed E-state index contributed by atoms with van der Waals surface area (Å²) in [7, 11) is 0. The first-order valence-electron chi connectivity index (χ1n) is 7.00. The zero-order chi connectivity index (χ0) is 11.3. The first-order chi connectivity index (χ1) is 7.54. The summed E-state index contributed by atoms with van der Waals surface area (Å²) in [6.07, 6.45) is 7.30. The maximum atomic E-state index is 9.77. The Labute approximate surface area is 98.8 Å². The Morgan fingerprint density at radius 3 is 2.62 bits per heavy atom. The van der Waals surface area contributed by atoms with E-state index in [1.165, 1.54) is 32.1 Å². The van der Waals surface area contributed by atoms with Crippen molar-refractivity contribution in [2.75, 3.05) is 6.54 Å². The number of hydrogen-bond donors (Lipinski definition) is 2. The lowest BCUT2D eigenvalue weighted by molar-refractivity contribution is 0.0698. The molecule has 0 spiro atoms. The minimum Gasteiger partial charge on any atom is -0.389 e. The van der Waals surface area contributed by atoms with E-state index in [2.05, 4.69) is 5.32 Å². The molecule has 92 valence electrons. The maximum Gasteiger partial charge on any atom is 0.0715 e. The predicted octanol–water partition coefficient (Wildman–Crippen LogP) is 2.17. The first-order valence-corrected chi connectivity index (χ1v) is 7.00. The smallest absolute Gasteiger partial charge is 0.0715 e. The van der Waals surface area contributed by atoms with E-state index >= 15 is 0 Å². The molecule has 0 heterocycles. The summed E-state index contributed by atoms with van der Waals surface area (Å²) in [5.74, 6) is 4.04. The molecule has 2 bridgehead atoms. The molecule has 0 radical (unpaired) electrons. The highest BCUT2D eigenvalue weighted by atomic mass is 16.3. The lowest BCUT2D eigenvalue weighted by Crippen LogP contribution is -2.45. The fourth-order valence-corrected chi connectivity index (χ4v) is 4.68. The average Bonchev–Trinajstić information content (AvgIpc) is 2.85. The van der Waals surface area contributed by atoms with E-state index in [0.29, 0.717) is 6.04 Å². The molecule has 2 nitrogen and oxygen atoms in total. The second-order valence-corrected chi connectivity index (χ2v) is 6.95. The second-order valence-electron chi connectivity index (χ2n) is 6.95. The van der Waals surface area contributed by atoms with Gasteiger partial charge in [-0.3, -0.25) is 0 Å². The summed E-state index contributed by atoms with van der Waals surface area (Å²) in [6, 6.07) is 0.704. The highest BCUT2D eigenvalue weighted by molar-refractivity contribution is 5.05. The fourth-order valence-electron chi connectivity index (χ4n) is 4.68. The molecule has 2 heteroatoms. The van der Waals surface area contributed by atoms with Crippen molar-refractivity contribution in [1.29, 1.82) is 0 Å². The first kappa shape index (κ1) is 11.0. The van der Waals surface area contributed by atoms with Crippen LogP contribution in [0.4, 0.5) is 0 Å². The van der Waals surface area contributed by atoms with Gasteiger partial charge in [-0.2, -0.15) is 0 Å². The second kappa shape index (κ2) is 3.71. The van der Waals surface area contributed by atoms with Gasteiger partial charge in [-0.1, -0.05) is 6.42 Å². The highest BCUT2D eigenvalue weighted by Crippen LogP contribution is 2.58. The Morgan fingerprint density at radius 1 is 1.12 bits per heavy atom. The zero-order valence-electron chi connectivity index (χ0n) is 10.6. The molecular formula is C14H25NO. The van der Waals surface area contributed by atoms with Gasteiger partial charge in [0, 0.05) is 12.6 Å². The summed E-state index contributed by atoms with van der Waals surface area (Å²) >= 11 is 0. The van der Waals surface area contributed by atoms with Crippen LogP contribution in [0.3, 0.4) is 0 Å². The maximum absolute atomic E-state index is 9.77.